The number of carbonyl (C=O) groups excluding carboxylic acids is 2. The zero-order valence-electron chi connectivity index (χ0n) is 14.2. The standard InChI is InChI=1S/C19H21N3O2S/c1-12-6-8-14(9-7-12)22-11-13(10-17(22)23)18(24)21-19-20-15-4-2-3-5-16(15)25-19/h6-9,13H,2-5,10-11H2,1H3,(H,20,21,24)/t13-/m0/s1. The molecular formula is C19H21N3O2S. The van der Waals surface area contributed by atoms with E-state index in [1.807, 2.05) is 31.2 Å². The summed E-state index contributed by atoms with van der Waals surface area (Å²) in [5.74, 6) is -0.425. The lowest BCUT2D eigenvalue weighted by Gasteiger charge is -2.16. The molecule has 2 heterocycles. The highest BCUT2D eigenvalue weighted by atomic mass is 32.1. The summed E-state index contributed by atoms with van der Waals surface area (Å²) >= 11 is 1.58. The van der Waals surface area contributed by atoms with E-state index in [1.54, 1.807) is 16.2 Å². The summed E-state index contributed by atoms with van der Waals surface area (Å²) in [5, 5.41) is 3.61. The van der Waals surface area contributed by atoms with E-state index in [1.165, 1.54) is 17.7 Å². The molecule has 1 aliphatic carbocycles. The molecule has 1 N–H and O–H groups in total. The maximum absolute atomic E-state index is 12.6. The number of hydrogen-bond donors (Lipinski definition) is 1. The number of nitrogens with one attached hydrogen (secondary N) is 1. The van der Waals surface area contributed by atoms with Gasteiger partial charge in [0.15, 0.2) is 5.13 Å². The number of hydrogen-bond acceptors (Lipinski definition) is 4. The number of benzene rings is 1. The van der Waals surface area contributed by atoms with Crippen LogP contribution in [-0.2, 0) is 22.4 Å². The Morgan fingerprint density at radius 1 is 1.24 bits per heavy atom. The van der Waals surface area contributed by atoms with Gasteiger partial charge in [0.25, 0.3) is 0 Å². The highest BCUT2D eigenvalue weighted by Gasteiger charge is 2.35. The molecule has 0 spiro atoms. The molecule has 0 bridgehead atoms. The van der Waals surface area contributed by atoms with Gasteiger partial charge in [-0.3, -0.25) is 9.59 Å². The lowest BCUT2D eigenvalue weighted by atomic mass is 10.0. The van der Waals surface area contributed by atoms with Crippen molar-refractivity contribution in [1.82, 2.24) is 4.98 Å². The number of anilines is 2. The fraction of sp³-hybridized carbons (Fsp3) is 0.421. The molecule has 4 rings (SSSR count). The Morgan fingerprint density at radius 3 is 2.76 bits per heavy atom. The number of aryl methyl sites for hydroxylation is 3. The maximum Gasteiger partial charge on any atom is 0.231 e. The zero-order chi connectivity index (χ0) is 17.4. The van der Waals surface area contributed by atoms with E-state index in [0.29, 0.717) is 11.7 Å². The lowest BCUT2D eigenvalue weighted by molar-refractivity contribution is -0.122. The molecule has 0 radical (unpaired) electrons. The first kappa shape index (κ1) is 16.3. The SMILES string of the molecule is Cc1ccc(N2C[C@@H](C(=O)Nc3nc4c(s3)CCCC4)CC2=O)cc1. The van der Waals surface area contributed by atoms with Crippen molar-refractivity contribution in [2.24, 2.45) is 5.92 Å². The zero-order valence-corrected chi connectivity index (χ0v) is 15.1. The van der Waals surface area contributed by atoms with Gasteiger partial charge in [0, 0.05) is 23.5 Å². The summed E-state index contributed by atoms with van der Waals surface area (Å²) in [4.78, 5) is 32.5. The fourth-order valence-electron chi connectivity index (χ4n) is 3.47. The quantitative estimate of drug-likeness (QED) is 0.919. The Hall–Kier alpha value is -2.21. The Bertz CT molecular complexity index is 789. The van der Waals surface area contributed by atoms with Gasteiger partial charge in [-0.15, -0.1) is 11.3 Å². The lowest BCUT2D eigenvalue weighted by Crippen LogP contribution is -2.28. The van der Waals surface area contributed by atoms with Crippen LogP contribution in [0.4, 0.5) is 10.8 Å². The number of aromatic nitrogens is 1. The van der Waals surface area contributed by atoms with E-state index in [4.69, 9.17) is 0 Å². The smallest absolute Gasteiger partial charge is 0.231 e. The first-order valence-electron chi connectivity index (χ1n) is 8.76. The molecule has 2 amide bonds. The van der Waals surface area contributed by atoms with Gasteiger partial charge in [-0.05, 0) is 44.7 Å². The van der Waals surface area contributed by atoms with E-state index in [-0.39, 0.29) is 24.2 Å². The third-order valence-corrected chi connectivity index (χ3v) is 5.99. The molecule has 0 saturated carbocycles. The third-order valence-electron chi connectivity index (χ3n) is 4.92. The van der Waals surface area contributed by atoms with Crippen LogP contribution in [0.15, 0.2) is 24.3 Å². The molecule has 1 fully saturated rings. The predicted octanol–water partition coefficient (Wildman–Crippen LogP) is 3.32. The van der Waals surface area contributed by atoms with Crippen molar-refractivity contribution in [2.45, 2.75) is 39.0 Å². The molecule has 6 heteroatoms. The summed E-state index contributed by atoms with van der Waals surface area (Å²) in [6.07, 6.45) is 4.69. The van der Waals surface area contributed by atoms with Crippen LogP contribution in [0.3, 0.4) is 0 Å². The van der Waals surface area contributed by atoms with E-state index in [9.17, 15) is 9.59 Å². The normalized spacial score (nSPS) is 19.8. The van der Waals surface area contributed by atoms with Gasteiger partial charge in [0.1, 0.15) is 0 Å². The molecule has 1 atom stereocenters. The van der Waals surface area contributed by atoms with Gasteiger partial charge in [-0.2, -0.15) is 0 Å². The molecule has 2 aliphatic rings. The van der Waals surface area contributed by atoms with Crippen molar-refractivity contribution in [1.29, 1.82) is 0 Å². The number of carbonyl (C=O) groups is 2. The first-order valence-corrected chi connectivity index (χ1v) is 9.58. The number of thiazole rings is 1. The van der Waals surface area contributed by atoms with Gasteiger partial charge in [0.05, 0.1) is 11.6 Å². The van der Waals surface area contributed by atoms with E-state index in [0.717, 1.165) is 29.8 Å². The maximum atomic E-state index is 12.6. The summed E-state index contributed by atoms with van der Waals surface area (Å²) in [5.41, 5.74) is 3.14. The average molecular weight is 355 g/mol. The van der Waals surface area contributed by atoms with Gasteiger partial charge in [0.2, 0.25) is 11.8 Å². The Labute approximate surface area is 151 Å². The van der Waals surface area contributed by atoms with Crippen LogP contribution < -0.4 is 10.2 Å². The molecule has 130 valence electrons. The van der Waals surface area contributed by atoms with E-state index in [2.05, 4.69) is 10.3 Å². The largest absolute Gasteiger partial charge is 0.312 e. The van der Waals surface area contributed by atoms with Crippen LogP contribution in [0.25, 0.3) is 0 Å². The van der Waals surface area contributed by atoms with Crippen molar-refractivity contribution in [3.63, 3.8) is 0 Å². The topological polar surface area (TPSA) is 62.3 Å². The van der Waals surface area contributed by atoms with Crippen LogP contribution in [-0.4, -0.2) is 23.3 Å². The van der Waals surface area contributed by atoms with Crippen molar-refractivity contribution >= 4 is 34.0 Å². The van der Waals surface area contributed by atoms with E-state index < -0.39 is 0 Å². The summed E-state index contributed by atoms with van der Waals surface area (Å²) in [7, 11) is 0. The molecule has 0 unspecified atom stereocenters. The Morgan fingerprint density at radius 2 is 2.00 bits per heavy atom. The Kier molecular flexibility index (Phi) is 4.29. The molecule has 1 saturated heterocycles. The van der Waals surface area contributed by atoms with Gasteiger partial charge < -0.3 is 10.2 Å². The predicted molar refractivity (Wildman–Crippen MR) is 99.0 cm³/mol. The van der Waals surface area contributed by atoms with Crippen LogP contribution in [0.1, 0.15) is 35.4 Å². The molecule has 25 heavy (non-hydrogen) atoms. The molecular weight excluding hydrogens is 334 g/mol. The molecule has 1 aliphatic heterocycles. The number of rotatable bonds is 3. The number of amides is 2. The number of fused-ring (bicyclic) bond motifs is 1. The third kappa shape index (κ3) is 3.31. The van der Waals surface area contributed by atoms with Crippen molar-refractivity contribution in [3.05, 3.63) is 40.4 Å². The second-order valence-corrected chi connectivity index (χ2v) is 7.91. The molecule has 5 nitrogen and oxygen atoms in total. The minimum absolute atomic E-state index is 0.00226. The van der Waals surface area contributed by atoms with Crippen LogP contribution in [0, 0.1) is 12.8 Å². The van der Waals surface area contributed by atoms with Crippen LogP contribution in [0.2, 0.25) is 0 Å². The van der Waals surface area contributed by atoms with Crippen molar-refractivity contribution in [2.75, 3.05) is 16.8 Å². The minimum atomic E-state index is -0.324. The summed E-state index contributed by atoms with van der Waals surface area (Å²) < 4.78 is 0. The van der Waals surface area contributed by atoms with Crippen LogP contribution in [0.5, 0.6) is 0 Å². The molecule has 2 aromatic rings. The average Bonchev–Trinajstić information content (AvgIpc) is 3.18. The summed E-state index contributed by atoms with van der Waals surface area (Å²) in [6.45, 7) is 2.44. The second-order valence-electron chi connectivity index (χ2n) is 6.83. The number of nitrogens with zero attached hydrogens (tertiary/aromatic N) is 2. The van der Waals surface area contributed by atoms with Gasteiger partial charge in [-0.1, -0.05) is 17.7 Å². The highest BCUT2D eigenvalue weighted by molar-refractivity contribution is 7.15. The van der Waals surface area contributed by atoms with E-state index >= 15 is 0 Å². The van der Waals surface area contributed by atoms with Crippen molar-refractivity contribution < 1.29 is 9.59 Å². The molecule has 1 aromatic heterocycles. The fourth-order valence-corrected chi connectivity index (χ4v) is 4.52. The molecule has 1 aromatic carbocycles. The first-order chi connectivity index (χ1) is 12.1. The van der Waals surface area contributed by atoms with Gasteiger partial charge >= 0.3 is 0 Å². The highest BCUT2D eigenvalue weighted by Crippen LogP contribution is 2.31. The Balaban J connectivity index is 1.43. The van der Waals surface area contributed by atoms with Gasteiger partial charge in [-0.25, -0.2) is 4.98 Å². The van der Waals surface area contributed by atoms with Crippen LogP contribution >= 0.6 is 11.3 Å². The summed E-state index contributed by atoms with van der Waals surface area (Å²) in [6, 6.07) is 7.83. The van der Waals surface area contributed by atoms with Crippen molar-refractivity contribution in [3.8, 4) is 0 Å². The minimum Gasteiger partial charge on any atom is -0.312 e. The second kappa shape index (κ2) is 6.59. The monoisotopic (exact) mass is 355 g/mol.